The summed E-state index contributed by atoms with van der Waals surface area (Å²) in [5.74, 6) is -0.433. The molecule has 0 radical (unpaired) electrons. The predicted molar refractivity (Wildman–Crippen MR) is 112 cm³/mol. The fourth-order valence-electron chi connectivity index (χ4n) is 2.74. The molecule has 0 atom stereocenters. The maximum Gasteiger partial charge on any atom is 0.240 e. The normalized spacial score (nSPS) is 12.0. The van der Waals surface area contributed by atoms with Crippen LogP contribution in [0.25, 0.3) is 10.8 Å². The number of sulfonamides is 1. The van der Waals surface area contributed by atoms with E-state index in [0.717, 1.165) is 17.0 Å². The van der Waals surface area contributed by atoms with Crippen molar-refractivity contribution >= 4 is 42.2 Å². The van der Waals surface area contributed by atoms with Gasteiger partial charge in [0.05, 0.1) is 9.79 Å². The van der Waals surface area contributed by atoms with Crippen molar-refractivity contribution in [3.63, 3.8) is 0 Å². The first-order valence-corrected chi connectivity index (χ1v) is 12.1. The van der Waals surface area contributed by atoms with Gasteiger partial charge in [-0.2, -0.15) is 0 Å². The van der Waals surface area contributed by atoms with Crippen LogP contribution >= 0.6 is 0 Å². The van der Waals surface area contributed by atoms with E-state index in [2.05, 4.69) is 10.0 Å². The Morgan fingerprint density at radius 2 is 1.55 bits per heavy atom. The molecule has 0 aliphatic heterocycles. The van der Waals surface area contributed by atoms with Crippen LogP contribution in [0.1, 0.15) is 6.42 Å². The van der Waals surface area contributed by atoms with Gasteiger partial charge in [0.15, 0.2) is 9.84 Å². The Labute approximate surface area is 169 Å². The molecular formula is C20H20N2O5S2. The molecule has 0 saturated heterocycles. The number of rotatable bonds is 7. The van der Waals surface area contributed by atoms with Crippen LogP contribution in [0.3, 0.4) is 0 Å². The van der Waals surface area contributed by atoms with Crippen LogP contribution in [0.15, 0.2) is 76.5 Å². The maximum atomic E-state index is 12.5. The van der Waals surface area contributed by atoms with Crippen molar-refractivity contribution in [1.82, 2.24) is 4.72 Å². The number of nitrogens with one attached hydrogen (secondary N) is 2. The van der Waals surface area contributed by atoms with Crippen molar-refractivity contribution in [1.29, 1.82) is 0 Å². The first-order valence-electron chi connectivity index (χ1n) is 8.74. The van der Waals surface area contributed by atoms with Crippen LogP contribution < -0.4 is 10.0 Å². The second-order valence-electron chi connectivity index (χ2n) is 6.50. The average molecular weight is 433 g/mol. The molecule has 29 heavy (non-hydrogen) atoms. The van der Waals surface area contributed by atoms with Crippen LogP contribution in [-0.2, 0) is 24.7 Å². The van der Waals surface area contributed by atoms with Gasteiger partial charge in [0.2, 0.25) is 15.9 Å². The molecule has 7 nitrogen and oxygen atoms in total. The van der Waals surface area contributed by atoms with Crippen molar-refractivity contribution in [2.24, 2.45) is 0 Å². The molecule has 3 rings (SSSR count). The van der Waals surface area contributed by atoms with Gasteiger partial charge in [-0.1, -0.05) is 36.4 Å². The van der Waals surface area contributed by atoms with Gasteiger partial charge in [0, 0.05) is 24.9 Å². The third-order valence-corrected chi connectivity index (χ3v) is 6.79. The number of carbonyl (C=O) groups excluding carboxylic acids is 1. The number of hydrogen-bond acceptors (Lipinski definition) is 5. The van der Waals surface area contributed by atoms with Crippen molar-refractivity contribution in [2.75, 3.05) is 18.1 Å². The highest BCUT2D eigenvalue weighted by Gasteiger charge is 2.15. The van der Waals surface area contributed by atoms with Crippen molar-refractivity contribution in [3.8, 4) is 0 Å². The number of sulfone groups is 1. The summed E-state index contributed by atoms with van der Waals surface area (Å²) >= 11 is 0. The highest BCUT2D eigenvalue weighted by Crippen LogP contribution is 2.19. The summed E-state index contributed by atoms with van der Waals surface area (Å²) in [6, 6.07) is 18.1. The minimum Gasteiger partial charge on any atom is -0.326 e. The summed E-state index contributed by atoms with van der Waals surface area (Å²) in [5.41, 5.74) is 0.329. The smallest absolute Gasteiger partial charge is 0.240 e. The number of amides is 1. The van der Waals surface area contributed by atoms with E-state index in [4.69, 9.17) is 0 Å². The molecule has 2 N–H and O–H groups in total. The largest absolute Gasteiger partial charge is 0.326 e. The molecule has 0 saturated carbocycles. The number of carbonyl (C=O) groups is 1. The van der Waals surface area contributed by atoms with Gasteiger partial charge in [-0.3, -0.25) is 4.79 Å². The number of benzene rings is 3. The van der Waals surface area contributed by atoms with Crippen molar-refractivity contribution in [2.45, 2.75) is 16.2 Å². The molecule has 3 aromatic rings. The van der Waals surface area contributed by atoms with E-state index in [-0.39, 0.29) is 22.8 Å². The van der Waals surface area contributed by atoms with Crippen LogP contribution in [0, 0.1) is 0 Å². The Kier molecular flexibility index (Phi) is 6.02. The van der Waals surface area contributed by atoms with Crippen LogP contribution in [0.5, 0.6) is 0 Å². The first kappa shape index (κ1) is 21.0. The summed E-state index contributed by atoms with van der Waals surface area (Å²) in [4.78, 5) is 12.3. The number of anilines is 1. The monoisotopic (exact) mass is 432 g/mol. The average Bonchev–Trinajstić information content (AvgIpc) is 2.67. The molecule has 1 amide bonds. The standard InChI is InChI=1S/C20H20N2O5S2/c1-28(24,25)18-8-4-7-17(14-18)22-20(23)11-12-21-29(26,27)19-10-9-15-5-2-3-6-16(15)13-19/h2-10,13-14,21H,11-12H2,1H3,(H,22,23). The quantitative estimate of drug-likeness (QED) is 0.596. The molecule has 0 heterocycles. The molecular weight excluding hydrogens is 412 g/mol. The summed E-state index contributed by atoms with van der Waals surface area (Å²) in [7, 11) is -7.14. The lowest BCUT2D eigenvalue weighted by Crippen LogP contribution is -2.27. The molecule has 0 unspecified atom stereocenters. The van der Waals surface area contributed by atoms with E-state index in [1.54, 1.807) is 18.2 Å². The molecule has 9 heteroatoms. The third kappa shape index (κ3) is 5.41. The molecule has 3 aromatic carbocycles. The molecule has 0 bridgehead atoms. The van der Waals surface area contributed by atoms with E-state index >= 15 is 0 Å². The van der Waals surface area contributed by atoms with Gasteiger partial charge < -0.3 is 5.32 Å². The van der Waals surface area contributed by atoms with Crippen molar-refractivity contribution < 1.29 is 21.6 Å². The summed E-state index contributed by atoms with van der Waals surface area (Å²) in [6.07, 6.45) is 0.978. The second kappa shape index (κ2) is 8.32. The number of hydrogen-bond donors (Lipinski definition) is 2. The first-order chi connectivity index (χ1) is 13.6. The lowest BCUT2D eigenvalue weighted by molar-refractivity contribution is -0.116. The molecule has 0 aliphatic carbocycles. The molecule has 0 fully saturated rings. The van der Waals surface area contributed by atoms with Crippen LogP contribution in [0.2, 0.25) is 0 Å². The summed E-state index contributed by atoms with van der Waals surface area (Å²) < 4.78 is 50.5. The van der Waals surface area contributed by atoms with Crippen LogP contribution in [0.4, 0.5) is 5.69 Å². The Bertz CT molecular complexity index is 1270. The minimum absolute atomic E-state index is 0.0901. The topological polar surface area (TPSA) is 109 Å². The fraction of sp³-hybridized carbons (Fsp3) is 0.150. The fourth-order valence-corrected chi connectivity index (χ4v) is 4.48. The Hall–Kier alpha value is -2.75. The van der Waals surface area contributed by atoms with E-state index in [9.17, 15) is 21.6 Å². The van der Waals surface area contributed by atoms with E-state index in [1.165, 1.54) is 24.3 Å². The van der Waals surface area contributed by atoms with Gasteiger partial charge >= 0.3 is 0 Å². The summed E-state index contributed by atoms with van der Waals surface area (Å²) in [6.45, 7) is -0.0905. The Morgan fingerprint density at radius 1 is 0.828 bits per heavy atom. The van der Waals surface area contributed by atoms with Gasteiger partial charge in [0.25, 0.3) is 0 Å². The van der Waals surface area contributed by atoms with Gasteiger partial charge in [-0.05, 0) is 41.1 Å². The lowest BCUT2D eigenvalue weighted by Gasteiger charge is -2.09. The SMILES string of the molecule is CS(=O)(=O)c1cccc(NC(=O)CCNS(=O)(=O)c2ccc3ccccc3c2)c1. The van der Waals surface area contributed by atoms with Crippen molar-refractivity contribution in [3.05, 3.63) is 66.7 Å². The van der Waals surface area contributed by atoms with Crippen LogP contribution in [-0.4, -0.2) is 35.5 Å². The highest BCUT2D eigenvalue weighted by molar-refractivity contribution is 7.90. The third-order valence-electron chi connectivity index (χ3n) is 4.22. The Morgan fingerprint density at radius 3 is 2.28 bits per heavy atom. The molecule has 0 spiro atoms. The van der Waals surface area contributed by atoms with E-state index < -0.39 is 25.8 Å². The maximum absolute atomic E-state index is 12.5. The zero-order valence-corrected chi connectivity index (χ0v) is 17.3. The molecule has 0 aromatic heterocycles. The highest BCUT2D eigenvalue weighted by atomic mass is 32.2. The molecule has 0 aliphatic rings. The predicted octanol–water partition coefficient (Wildman–Crippen LogP) is 2.55. The van der Waals surface area contributed by atoms with E-state index in [1.807, 2.05) is 24.3 Å². The molecule has 152 valence electrons. The Balaban J connectivity index is 1.60. The second-order valence-corrected chi connectivity index (χ2v) is 10.3. The number of fused-ring (bicyclic) bond motifs is 1. The van der Waals surface area contributed by atoms with E-state index in [0.29, 0.717) is 5.69 Å². The zero-order chi connectivity index (χ0) is 21.1. The zero-order valence-electron chi connectivity index (χ0n) is 15.6. The van der Waals surface area contributed by atoms with Gasteiger partial charge in [-0.15, -0.1) is 0 Å². The minimum atomic E-state index is -3.76. The lowest BCUT2D eigenvalue weighted by atomic mass is 10.1. The van der Waals surface area contributed by atoms with Gasteiger partial charge in [-0.25, -0.2) is 21.6 Å². The summed E-state index contributed by atoms with van der Waals surface area (Å²) in [5, 5.41) is 4.30. The van der Waals surface area contributed by atoms with Gasteiger partial charge in [0.1, 0.15) is 0 Å².